The summed E-state index contributed by atoms with van der Waals surface area (Å²) < 4.78 is 5.48. The fraction of sp³-hybridized carbons (Fsp3) is 0.886. The minimum atomic E-state index is -0.669. The summed E-state index contributed by atoms with van der Waals surface area (Å²) in [5.74, 6) is -0.0378. The number of aliphatic hydroxyl groups is 2. The molecule has 0 saturated carbocycles. The fourth-order valence-electron chi connectivity index (χ4n) is 10.7. The molecule has 0 aliphatic heterocycles. The average molecular weight is 1070 g/mol. The highest BCUT2D eigenvalue weighted by Gasteiger charge is 2.20. The summed E-state index contributed by atoms with van der Waals surface area (Å²) in [4.78, 5) is 24.6. The Morgan fingerprint density at radius 3 is 1.05 bits per heavy atom. The molecule has 0 aromatic heterocycles. The van der Waals surface area contributed by atoms with E-state index in [0.717, 1.165) is 51.4 Å². The van der Waals surface area contributed by atoms with E-state index in [2.05, 4.69) is 55.6 Å². The zero-order valence-electron chi connectivity index (χ0n) is 51.3. The minimum Gasteiger partial charge on any atom is -0.466 e. The zero-order valence-corrected chi connectivity index (χ0v) is 51.3. The maximum Gasteiger partial charge on any atom is 0.305 e. The van der Waals surface area contributed by atoms with Crippen molar-refractivity contribution in [3.63, 3.8) is 0 Å². The van der Waals surface area contributed by atoms with Crippen molar-refractivity contribution < 1.29 is 24.5 Å². The first kappa shape index (κ1) is 74.1. The van der Waals surface area contributed by atoms with E-state index in [1.807, 2.05) is 0 Å². The van der Waals surface area contributed by atoms with E-state index in [4.69, 9.17) is 4.74 Å². The lowest BCUT2D eigenvalue weighted by Crippen LogP contribution is -2.45. The maximum absolute atomic E-state index is 12.5. The Morgan fingerprint density at radius 2 is 0.671 bits per heavy atom. The summed E-state index contributed by atoms with van der Waals surface area (Å²) in [5, 5.41) is 23.4. The van der Waals surface area contributed by atoms with Crippen molar-refractivity contribution >= 4 is 11.9 Å². The molecule has 0 aromatic carbocycles. The normalized spacial score (nSPS) is 12.7. The van der Waals surface area contributed by atoms with Gasteiger partial charge in [-0.3, -0.25) is 9.59 Å². The van der Waals surface area contributed by atoms with Crippen molar-refractivity contribution in [3.8, 4) is 0 Å². The molecule has 2 unspecified atom stereocenters. The second kappa shape index (κ2) is 65.6. The lowest BCUT2D eigenvalue weighted by Gasteiger charge is -2.22. The van der Waals surface area contributed by atoms with Gasteiger partial charge in [0.1, 0.15) is 0 Å². The number of esters is 1. The maximum atomic E-state index is 12.5. The van der Waals surface area contributed by atoms with Crippen molar-refractivity contribution in [2.75, 3.05) is 13.2 Å². The van der Waals surface area contributed by atoms with Crippen molar-refractivity contribution in [2.24, 2.45) is 0 Å². The Morgan fingerprint density at radius 1 is 0.368 bits per heavy atom. The van der Waals surface area contributed by atoms with Gasteiger partial charge in [0.15, 0.2) is 0 Å². The van der Waals surface area contributed by atoms with E-state index in [-0.39, 0.29) is 18.5 Å². The van der Waals surface area contributed by atoms with Crippen LogP contribution in [0.3, 0.4) is 0 Å². The summed E-state index contributed by atoms with van der Waals surface area (Å²) in [7, 11) is 0. The van der Waals surface area contributed by atoms with Crippen LogP contribution in [-0.4, -0.2) is 47.4 Å². The molecule has 0 saturated heterocycles. The number of rotatable bonds is 64. The minimum absolute atomic E-state index is 0.00168. The smallest absolute Gasteiger partial charge is 0.305 e. The van der Waals surface area contributed by atoms with Crippen LogP contribution in [0.5, 0.6) is 0 Å². The third-order valence-electron chi connectivity index (χ3n) is 15.9. The summed E-state index contributed by atoms with van der Waals surface area (Å²) >= 11 is 0. The third kappa shape index (κ3) is 61.3. The number of aliphatic hydroxyl groups excluding tert-OH is 2. The highest BCUT2D eigenvalue weighted by atomic mass is 16.5. The van der Waals surface area contributed by atoms with Crippen LogP contribution < -0.4 is 5.32 Å². The summed E-state index contributed by atoms with van der Waals surface area (Å²) in [6.45, 7) is 4.93. The number of carbonyl (C=O) groups excluding carboxylic acids is 2. The zero-order chi connectivity index (χ0) is 55.0. The largest absolute Gasteiger partial charge is 0.466 e. The molecule has 0 bridgehead atoms. The van der Waals surface area contributed by atoms with Gasteiger partial charge in [0.05, 0.1) is 25.4 Å². The van der Waals surface area contributed by atoms with Gasteiger partial charge in [-0.1, -0.05) is 320 Å². The van der Waals surface area contributed by atoms with Crippen molar-refractivity contribution in [1.29, 1.82) is 0 Å². The predicted molar refractivity (Wildman–Crippen MR) is 333 cm³/mol. The van der Waals surface area contributed by atoms with Crippen molar-refractivity contribution in [1.82, 2.24) is 5.32 Å². The first-order chi connectivity index (χ1) is 37.5. The van der Waals surface area contributed by atoms with Gasteiger partial charge in [-0.2, -0.15) is 0 Å². The molecule has 1 amide bonds. The van der Waals surface area contributed by atoms with Crippen LogP contribution in [0.25, 0.3) is 0 Å². The molecule has 3 N–H and O–H groups in total. The second-order valence-corrected chi connectivity index (χ2v) is 23.5. The van der Waals surface area contributed by atoms with Crippen LogP contribution in [-0.2, 0) is 14.3 Å². The average Bonchev–Trinajstić information content (AvgIpc) is 3.42. The van der Waals surface area contributed by atoms with Crippen molar-refractivity contribution in [2.45, 2.75) is 386 Å². The highest BCUT2D eigenvalue weighted by molar-refractivity contribution is 5.76. The molecular formula is C70H133NO5. The molecule has 448 valence electrons. The number of hydrogen-bond acceptors (Lipinski definition) is 5. The second-order valence-electron chi connectivity index (χ2n) is 23.5. The van der Waals surface area contributed by atoms with E-state index in [0.29, 0.717) is 25.9 Å². The summed E-state index contributed by atoms with van der Waals surface area (Å²) in [6, 6.07) is -0.546. The van der Waals surface area contributed by atoms with Gasteiger partial charge in [-0.05, 0) is 77.0 Å². The van der Waals surface area contributed by atoms with Crippen molar-refractivity contribution in [3.05, 3.63) is 36.5 Å². The Bertz CT molecular complexity index is 1230. The highest BCUT2D eigenvalue weighted by Crippen LogP contribution is 2.18. The summed E-state index contributed by atoms with van der Waals surface area (Å²) in [5.41, 5.74) is 0. The van der Waals surface area contributed by atoms with Crippen LogP contribution >= 0.6 is 0 Å². The van der Waals surface area contributed by atoms with E-state index < -0.39 is 12.1 Å². The molecule has 0 heterocycles. The quantitative estimate of drug-likeness (QED) is 0.0320. The van der Waals surface area contributed by atoms with Gasteiger partial charge in [0, 0.05) is 12.8 Å². The molecular weight excluding hydrogens is 935 g/mol. The fourth-order valence-corrected chi connectivity index (χ4v) is 10.7. The topological polar surface area (TPSA) is 95.9 Å². The van der Waals surface area contributed by atoms with E-state index in [1.165, 1.54) is 289 Å². The first-order valence-electron chi connectivity index (χ1n) is 34.2. The molecule has 76 heavy (non-hydrogen) atoms. The Kier molecular flexibility index (Phi) is 63.9. The van der Waals surface area contributed by atoms with E-state index in [1.54, 1.807) is 0 Å². The number of amides is 1. The monoisotopic (exact) mass is 1070 g/mol. The van der Waals surface area contributed by atoms with Gasteiger partial charge < -0.3 is 20.3 Å². The lowest BCUT2D eigenvalue weighted by atomic mass is 10.0. The Hall–Kier alpha value is -1.92. The first-order valence-corrected chi connectivity index (χ1v) is 34.2. The lowest BCUT2D eigenvalue weighted by molar-refractivity contribution is -0.143. The number of ether oxygens (including phenoxy) is 1. The predicted octanol–water partition coefficient (Wildman–Crippen LogP) is 21.9. The van der Waals surface area contributed by atoms with E-state index >= 15 is 0 Å². The van der Waals surface area contributed by atoms with Crippen LogP contribution in [0, 0.1) is 0 Å². The van der Waals surface area contributed by atoms with Crippen LogP contribution in [0.15, 0.2) is 36.5 Å². The number of hydrogen-bond donors (Lipinski definition) is 3. The summed E-state index contributed by atoms with van der Waals surface area (Å²) in [6.07, 6.45) is 83.2. The molecule has 0 aliphatic rings. The van der Waals surface area contributed by atoms with Crippen LogP contribution in [0.4, 0.5) is 0 Å². The number of carbonyl (C=O) groups is 2. The Balaban J connectivity index is 3.41. The molecule has 2 atom stereocenters. The van der Waals surface area contributed by atoms with Gasteiger partial charge in [-0.15, -0.1) is 0 Å². The molecule has 0 rings (SSSR count). The molecule has 0 aromatic rings. The van der Waals surface area contributed by atoms with Gasteiger partial charge in [0.2, 0.25) is 5.91 Å². The van der Waals surface area contributed by atoms with Gasteiger partial charge >= 0.3 is 5.97 Å². The molecule has 0 radical (unpaired) electrons. The van der Waals surface area contributed by atoms with Crippen LogP contribution in [0.1, 0.15) is 373 Å². The molecule has 0 aliphatic carbocycles. The molecule has 0 fully saturated rings. The van der Waals surface area contributed by atoms with E-state index in [9.17, 15) is 19.8 Å². The molecule has 0 spiro atoms. The number of allylic oxidation sites excluding steroid dienone is 6. The number of nitrogens with one attached hydrogen (secondary N) is 1. The van der Waals surface area contributed by atoms with Gasteiger partial charge in [0.25, 0.3) is 0 Å². The standard InChI is InChI=1S/C70H133NO5/c1-3-5-7-9-11-13-15-17-19-20-21-26-29-32-35-38-42-46-50-54-58-62-68(73)67(66-72)71-69(74)63-59-55-51-47-43-39-36-33-30-27-24-22-23-25-28-31-34-37-41-45-49-53-57-61-65-76-70(75)64-60-56-52-48-44-40-18-16-14-12-10-8-6-4-2/h10,12,16,18,24,27,67-68,72-73H,3-9,11,13-15,17,19-23,25-26,28-66H2,1-2H3,(H,71,74)/b12-10-,18-16-,27-24-. The van der Waals surface area contributed by atoms with Gasteiger partial charge in [-0.25, -0.2) is 0 Å². The molecule has 6 heteroatoms. The number of unbranched alkanes of at least 4 members (excludes halogenated alkanes) is 47. The SMILES string of the molecule is CCCC/C=C\C/C=C\CCCCCCCC(=O)OCCCCCCCCCCCCCC/C=C\CCCCCCCCCCC(=O)NC(CO)C(O)CCCCCCCCCCCCCCCCCCCCCCC. The van der Waals surface area contributed by atoms with Crippen LogP contribution in [0.2, 0.25) is 0 Å². The molecule has 6 nitrogen and oxygen atoms in total. The third-order valence-corrected chi connectivity index (χ3v) is 15.9. The Labute approximate surface area is 474 Å².